The molecule has 4 rings (SSSR count). The van der Waals surface area contributed by atoms with Crippen LogP contribution in [0, 0.1) is 11.6 Å². The van der Waals surface area contributed by atoms with E-state index in [1.807, 2.05) is 29.9 Å². The van der Waals surface area contributed by atoms with Gasteiger partial charge in [0.1, 0.15) is 17.3 Å². The van der Waals surface area contributed by atoms with Crippen molar-refractivity contribution in [1.82, 2.24) is 24.9 Å². The van der Waals surface area contributed by atoms with Gasteiger partial charge in [-0.3, -0.25) is 19.9 Å². The topological polar surface area (TPSA) is 83.3 Å². The van der Waals surface area contributed by atoms with Crippen molar-refractivity contribution in [3.63, 3.8) is 0 Å². The standard InChI is InChI=1S/C23H21F2N5O2/c1-29(11-15-3-2-6-26-9-15)12-17-14-30(13-16-4-5-18(24)7-20(16)25)22-10-27-21(8-19(17)22)23(31)28-32/h2-10,14,32H,11-13H2,1H3,(H,28,31). The molecule has 0 saturated carbocycles. The van der Waals surface area contributed by atoms with Gasteiger partial charge in [-0.25, -0.2) is 19.2 Å². The Morgan fingerprint density at radius 1 is 1.16 bits per heavy atom. The summed E-state index contributed by atoms with van der Waals surface area (Å²) in [6.07, 6.45) is 6.89. The quantitative estimate of drug-likeness (QED) is 0.342. The monoisotopic (exact) mass is 437 g/mol. The molecule has 0 fully saturated rings. The summed E-state index contributed by atoms with van der Waals surface area (Å²) in [6.45, 7) is 1.36. The average Bonchev–Trinajstić information content (AvgIpc) is 3.12. The summed E-state index contributed by atoms with van der Waals surface area (Å²) >= 11 is 0. The Morgan fingerprint density at radius 3 is 2.72 bits per heavy atom. The number of hydroxylamine groups is 1. The van der Waals surface area contributed by atoms with E-state index in [-0.39, 0.29) is 12.2 Å². The van der Waals surface area contributed by atoms with Crippen LogP contribution in [0.5, 0.6) is 0 Å². The summed E-state index contributed by atoms with van der Waals surface area (Å²) in [5, 5.41) is 9.71. The number of carbonyl (C=O) groups excluding carboxylic acids is 1. The predicted molar refractivity (Wildman–Crippen MR) is 114 cm³/mol. The van der Waals surface area contributed by atoms with Crippen LogP contribution >= 0.6 is 0 Å². The molecule has 0 saturated heterocycles. The number of benzene rings is 1. The maximum absolute atomic E-state index is 14.2. The molecule has 0 atom stereocenters. The highest BCUT2D eigenvalue weighted by atomic mass is 19.1. The molecule has 4 aromatic rings. The fraction of sp³-hybridized carbons (Fsp3) is 0.174. The van der Waals surface area contributed by atoms with Crippen LogP contribution in [-0.2, 0) is 19.6 Å². The Kier molecular flexibility index (Phi) is 6.20. The molecule has 0 aliphatic rings. The van der Waals surface area contributed by atoms with E-state index < -0.39 is 17.5 Å². The van der Waals surface area contributed by atoms with Gasteiger partial charge >= 0.3 is 0 Å². The minimum absolute atomic E-state index is 0.0573. The Labute approximate surface area is 182 Å². The van der Waals surface area contributed by atoms with E-state index in [4.69, 9.17) is 5.21 Å². The first kappa shape index (κ1) is 21.5. The van der Waals surface area contributed by atoms with Crippen molar-refractivity contribution in [3.05, 3.63) is 95.2 Å². The summed E-state index contributed by atoms with van der Waals surface area (Å²) in [4.78, 5) is 22.2. The molecule has 9 heteroatoms. The maximum atomic E-state index is 14.2. The highest BCUT2D eigenvalue weighted by Gasteiger charge is 2.16. The zero-order chi connectivity index (χ0) is 22.7. The second kappa shape index (κ2) is 9.21. The Hall–Kier alpha value is -3.69. The Bertz CT molecular complexity index is 1260. The molecule has 0 bridgehead atoms. The molecule has 0 spiro atoms. The van der Waals surface area contributed by atoms with Crippen molar-refractivity contribution in [1.29, 1.82) is 0 Å². The molecule has 1 amide bonds. The third-order valence-electron chi connectivity index (χ3n) is 5.16. The third kappa shape index (κ3) is 4.63. The first-order valence-corrected chi connectivity index (χ1v) is 9.88. The van der Waals surface area contributed by atoms with Gasteiger partial charge in [0, 0.05) is 48.7 Å². The minimum atomic E-state index is -0.723. The lowest BCUT2D eigenvalue weighted by Gasteiger charge is -2.16. The number of aromatic nitrogens is 3. The summed E-state index contributed by atoms with van der Waals surface area (Å²) in [7, 11) is 1.96. The lowest BCUT2D eigenvalue weighted by Crippen LogP contribution is -2.20. The van der Waals surface area contributed by atoms with Gasteiger partial charge in [-0.1, -0.05) is 12.1 Å². The largest absolute Gasteiger partial charge is 0.341 e. The highest BCUT2D eigenvalue weighted by molar-refractivity contribution is 5.96. The predicted octanol–water partition coefficient (Wildman–Crippen LogP) is 3.51. The van der Waals surface area contributed by atoms with E-state index in [2.05, 4.69) is 14.9 Å². The molecule has 7 nitrogen and oxygen atoms in total. The van der Waals surface area contributed by atoms with Gasteiger partial charge < -0.3 is 4.57 Å². The van der Waals surface area contributed by atoms with Gasteiger partial charge in [0.2, 0.25) is 0 Å². The molecule has 0 radical (unpaired) electrons. The van der Waals surface area contributed by atoms with Crippen molar-refractivity contribution < 1.29 is 18.8 Å². The van der Waals surface area contributed by atoms with Crippen LogP contribution in [0.15, 0.2) is 61.2 Å². The molecule has 2 N–H and O–H groups in total. The number of fused-ring (bicyclic) bond motifs is 1. The first-order chi connectivity index (χ1) is 15.4. The van der Waals surface area contributed by atoms with Crippen molar-refractivity contribution in [3.8, 4) is 0 Å². The molecular formula is C23H21F2N5O2. The van der Waals surface area contributed by atoms with E-state index >= 15 is 0 Å². The SMILES string of the molecule is CN(Cc1cccnc1)Cc1cn(Cc2ccc(F)cc2F)c2cnc(C(=O)NO)cc12. The highest BCUT2D eigenvalue weighted by Crippen LogP contribution is 2.25. The fourth-order valence-corrected chi connectivity index (χ4v) is 3.68. The van der Waals surface area contributed by atoms with Crippen LogP contribution in [-0.4, -0.2) is 37.6 Å². The van der Waals surface area contributed by atoms with Gasteiger partial charge in [-0.15, -0.1) is 0 Å². The van der Waals surface area contributed by atoms with Crippen LogP contribution in [0.25, 0.3) is 10.9 Å². The van der Waals surface area contributed by atoms with Gasteiger partial charge in [-0.05, 0) is 36.4 Å². The molecule has 32 heavy (non-hydrogen) atoms. The van der Waals surface area contributed by atoms with E-state index in [1.165, 1.54) is 18.3 Å². The number of carbonyl (C=O) groups is 1. The lowest BCUT2D eigenvalue weighted by molar-refractivity contribution is 0.0701. The average molecular weight is 437 g/mol. The number of hydrogen-bond acceptors (Lipinski definition) is 5. The second-order valence-electron chi connectivity index (χ2n) is 7.58. The van der Waals surface area contributed by atoms with Crippen molar-refractivity contribution in [2.24, 2.45) is 0 Å². The van der Waals surface area contributed by atoms with E-state index in [9.17, 15) is 13.6 Å². The van der Waals surface area contributed by atoms with Gasteiger partial charge in [0.15, 0.2) is 0 Å². The number of halogens is 2. The molecule has 0 aliphatic heterocycles. The van der Waals surface area contributed by atoms with Crippen LogP contribution in [0.1, 0.15) is 27.2 Å². The summed E-state index contributed by atoms with van der Waals surface area (Å²) in [6, 6.07) is 8.92. The van der Waals surface area contributed by atoms with Gasteiger partial charge in [0.05, 0.1) is 18.3 Å². The Balaban J connectivity index is 1.70. The number of nitrogens with zero attached hydrogens (tertiary/aromatic N) is 4. The second-order valence-corrected chi connectivity index (χ2v) is 7.58. The molecular weight excluding hydrogens is 416 g/mol. The molecule has 3 aromatic heterocycles. The smallest absolute Gasteiger partial charge is 0.293 e. The van der Waals surface area contributed by atoms with Crippen molar-refractivity contribution >= 4 is 16.8 Å². The third-order valence-corrected chi connectivity index (χ3v) is 5.16. The molecule has 1 aromatic carbocycles. The molecule has 0 unspecified atom stereocenters. The van der Waals surface area contributed by atoms with Crippen LogP contribution in [0.3, 0.4) is 0 Å². The number of amides is 1. The van der Waals surface area contributed by atoms with Gasteiger partial charge in [-0.2, -0.15) is 0 Å². The number of nitrogens with one attached hydrogen (secondary N) is 1. The maximum Gasteiger partial charge on any atom is 0.293 e. The van der Waals surface area contributed by atoms with Crippen molar-refractivity contribution in [2.75, 3.05) is 7.05 Å². The lowest BCUT2D eigenvalue weighted by atomic mass is 10.1. The summed E-state index contributed by atoms with van der Waals surface area (Å²) in [5.41, 5.74) is 4.60. The minimum Gasteiger partial charge on any atom is -0.341 e. The van der Waals surface area contributed by atoms with Gasteiger partial charge in [0.25, 0.3) is 5.91 Å². The Morgan fingerprint density at radius 2 is 2.00 bits per heavy atom. The van der Waals surface area contributed by atoms with E-state index in [0.29, 0.717) is 24.2 Å². The number of hydrogen-bond donors (Lipinski definition) is 2. The van der Waals surface area contributed by atoms with Crippen LogP contribution in [0.2, 0.25) is 0 Å². The fourth-order valence-electron chi connectivity index (χ4n) is 3.68. The zero-order valence-corrected chi connectivity index (χ0v) is 17.3. The summed E-state index contributed by atoms with van der Waals surface area (Å²) in [5.74, 6) is -1.99. The van der Waals surface area contributed by atoms with Crippen LogP contribution in [0.4, 0.5) is 8.78 Å². The summed E-state index contributed by atoms with van der Waals surface area (Å²) < 4.78 is 29.4. The van der Waals surface area contributed by atoms with E-state index in [0.717, 1.165) is 22.6 Å². The van der Waals surface area contributed by atoms with Crippen molar-refractivity contribution in [2.45, 2.75) is 19.6 Å². The van der Waals surface area contributed by atoms with E-state index in [1.54, 1.807) is 23.9 Å². The van der Waals surface area contributed by atoms with Crippen LogP contribution < -0.4 is 5.48 Å². The zero-order valence-electron chi connectivity index (χ0n) is 17.3. The number of rotatable bonds is 7. The number of pyridine rings is 2. The first-order valence-electron chi connectivity index (χ1n) is 9.88. The molecule has 164 valence electrons. The normalized spacial score (nSPS) is 11.3. The molecule has 0 aliphatic carbocycles. The molecule has 3 heterocycles.